The molecule has 1 aromatic carbocycles. The summed E-state index contributed by atoms with van der Waals surface area (Å²) in [6.45, 7) is 4.51. The predicted molar refractivity (Wildman–Crippen MR) is 73.1 cm³/mol. The highest BCUT2D eigenvalue weighted by Gasteiger charge is 2.17. The van der Waals surface area contributed by atoms with Crippen molar-refractivity contribution >= 4 is 10.2 Å². The van der Waals surface area contributed by atoms with Crippen molar-refractivity contribution in [1.29, 1.82) is 0 Å². The van der Waals surface area contributed by atoms with Crippen LogP contribution in [0.25, 0.3) is 0 Å². The zero-order valence-corrected chi connectivity index (χ0v) is 11.6. The van der Waals surface area contributed by atoms with Crippen LogP contribution >= 0.6 is 0 Å². The average molecular weight is 271 g/mol. The molecule has 0 saturated carbocycles. The first-order valence-electron chi connectivity index (χ1n) is 5.96. The first kappa shape index (κ1) is 15.1. The molecule has 0 saturated heterocycles. The third kappa shape index (κ3) is 5.14. The van der Waals surface area contributed by atoms with Crippen LogP contribution in [0.1, 0.15) is 25.5 Å². The van der Waals surface area contributed by atoms with Crippen molar-refractivity contribution in [2.45, 2.75) is 19.9 Å². The summed E-state index contributed by atoms with van der Waals surface area (Å²) in [5.41, 5.74) is 6.47. The lowest BCUT2D eigenvalue weighted by atomic mass is 10.1. The van der Waals surface area contributed by atoms with Crippen LogP contribution in [-0.4, -0.2) is 21.5 Å². The van der Waals surface area contributed by atoms with Crippen molar-refractivity contribution < 1.29 is 8.42 Å². The highest BCUT2D eigenvalue weighted by atomic mass is 32.2. The Kier molecular flexibility index (Phi) is 5.74. The van der Waals surface area contributed by atoms with E-state index in [4.69, 9.17) is 5.73 Å². The molecule has 18 heavy (non-hydrogen) atoms. The van der Waals surface area contributed by atoms with Crippen LogP contribution in [0, 0.1) is 5.92 Å². The second-order valence-electron chi connectivity index (χ2n) is 4.56. The normalized spacial score (nSPS) is 13.8. The van der Waals surface area contributed by atoms with E-state index in [-0.39, 0.29) is 12.5 Å². The number of benzene rings is 1. The molecule has 0 aliphatic rings. The predicted octanol–water partition coefficient (Wildman–Crippen LogP) is 0.766. The van der Waals surface area contributed by atoms with Crippen LogP contribution < -0.4 is 15.2 Å². The molecule has 0 heterocycles. The molecule has 4 N–H and O–H groups in total. The fraction of sp³-hybridized carbons (Fsp3) is 0.500. The zero-order valence-electron chi connectivity index (χ0n) is 10.8. The van der Waals surface area contributed by atoms with E-state index < -0.39 is 16.3 Å². The number of hydrogen-bond donors (Lipinski definition) is 3. The largest absolute Gasteiger partial charge is 0.329 e. The van der Waals surface area contributed by atoms with Gasteiger partial charge in [0.25, 0.3) is 10.2 Å². The van der Waals surface area contributed by atoms with E-state index in [2.05, 4.69) is 9.44 Å². The Morgan fingerprint density at radius 3 is 2.33 bits per heavy atom. The van der Waals surface area contributed by atoms with E-state index in [1.807, 2.05) is 44.2 Å². The molecule has 1 rings (SSSR count). The maximum Gasteiger partial charge on any atom is 0.277 e. The van der Waals surface area contributed by atoms with Crippen LogP contribution in [0.5, 0.6) is 0 Å². The van der Waals surface area contributed by atoms with Crippen molar-refractivity contribution in [2.24, 2.45) is 11.7 Å². The fourth-order valence-corrected chi connectivity index (χ4v) is 2.69. The minimum atomic E-state index is -3.52. The Morgan fingerprint density at radius 2 is 1.83 bits per heavy atom. The number of rotatable bonds is 7. The van der Waals surface area contributed by atoms with Crippen LogP contribution in [0.4, 0.5) is 0 Å². The van der Waals surface area contributed by atoms with Gasteiger partial charge in [0.1, 0.15) is 0 Å². The van der Waals surface area contributed by atoms with Crippen molar-refractivity contribution in [3.05, 3.63) is 35.9 Å². The Bertz CT molecular complexity index is 446. The van der Waals surface area contributed by atoms with Gasteiger partial charge in [0.15, 0.2) is 0 Å². The molecule has 0 amide bonds. The zero-order chi connectivity index (χ0) is 13.6. The molecule has 1 atom stereocenters. The van der Waals surface area contributed by atoms with Gasteiger partial charge >= 0.3 is 0 Å². The second kappa shape index (κ2) is 6.84. The molecule has 6 heteroatoms. The molecule has 0 aliphatic carbocycles. The average Bonchev–Trinajstić information content (AvgIpc) is 2.35. The van der Waals surface area contributed by atoms with Gasteiger partial charge in [-0.3, -0.25) is 0 Å². The maximum absolute atomic E-state index is 11.8. The molecule has 0 bridgehead atoms. The molecule has 0 aliphatic heterocycles. The van der Waals surface area contributed by atoms with Crippen molar-refractivity contribution in [1.82, 2.24) is 9.44 Å². The van der Waals surface area contributed by atoms with Gasteiger partial charge in [-0.05, 0) is 11.5 Å². The lowest BCUT2D eigenvalue weighted by molar-refractivity contribution is 0.530. The number of nitrogens with one attached hydrogen (secondary N) is 2. The summed E-state index contributed by atoms with van der Waals surface area (Å²) >= 11 is 0. The van der Waals surface area contributed by atoms with E-state index in [1.165, 1.54) is 0 Å². The van der Waals surface area contributed by atoms with Gasteiger partial charge < -0.3 is 5.73 Å². The van der Waals surface area contributed by atoms with E-state index in [0.717, 1.165) is 5.56 Å². The lowest BCUT2D eigenvalue weighted by Gasteiger charge is -2.18. The van der Waals surface area contributed by atoms with Crippen molar-refractivity contribution in [3.8, 4) is 0 Å². The van der Waals surface area contributed by atoms with Crippen LogP contribution in [0.2, 0.25) is 0 Å². The summed E-state index contributed by atoms with van der Waals surface area (Å²) < 4.78 is 28.6. The van der Waals surface area contributed by atoms with E-state index in [9.17, 15) is 8.42 Å². The molecule has 0 spiro atoms. The van der Waals surface area contributed by atoms with Gasteiger partial charge in [-0.1, -0.05) is 44.2 Å². The second-order valence-corrected chi connectivity index (χ2v) is 6.09. The molecule has 1 aromatic rings. The first-order chi connectivity index (χ1) is 8.44. The molecule has 0 radical (unpaired) electrons. The molecule has 5 nitrogen and oxygen atoms in total. The third-order valence-electron chi connectivity index (χ3n) is 2.42. The molecular weight excluding hydrogens is 250 g/mol. The Labute approximate surface area is 109 Å². The van der Waals surface area contributed by atoms with E-state index >= 15 is 0 Å². The topological polar surface area (TPSA) is 84.2 Å². The summed E-state index contributed by atoms with van der Waals surface area (Å²) in [4.78, 5) is 0. The van der Waals surface area contributed by atoms with Gasteiger partial charge in [-0.25, -0.2) is 4.72 Å². The van der Waals surface area contributed by atoms with Gasteiger partial charge in [0, 0.05) is 13.1 Å². The smallest absolute Gasteiger partial charge is 0.277 e. The molecule has 0 aromatic heterocycles. The summed E-state index contributed by atoms with van der Waals surface area (Å²) in [6.07, 6.45) is 0. The van der Waals surface area contributed by atoms with Crippen LogP contribution in [-0.2, 0) is 10.2 Å². The van der Waals surface area contributed by atoms with Crippen LogP contribution in [0.15, 0.2) is 30.3 Å². The monoisotopic (exact) mass is 271 g/mol. The fourth-order valence-electron chi connectivity index (χ4n) is 1.44. The quantitative estimate of drug-likeness (QED) is 0.685. The standard InChI is InChI=1S/C12H21N3O2S/c1-10(2)9-14-18(16,17)15-12(8-13)11-6-4-3-5-7-11/h3-7,10,12,14-15H,8-9,13H2,1-2H3. The van der Waals surface area contributed by atoms with Gasteiger partial charge in [-0.15, -0.1) is 0 Å². The number of nitrogens with two attached hydrogens (primary N) is 1. The van der Waals surface area contributed by atoms with Crippen molar-refractivity contribution in [3.63, 3.8) is 0 Å². The molecule has 0 fully saturated rings. The summed E-state index contributed by atoms with van der Waals surface area (Å²) in [6, 6.07) is 8.88. The van der Waals surface area contributed by atoms with Crippen LogP contribution in [0.3, 0.4) is 0 Å². The van der Waals surface area contributed by atoms with Gasteiger partial charge in [-0.2, -0.15) is 13.1 Å². The minimum absolute atomic E-state index is 0.215. The van der Waals surface area contributed by atoms with Gasteiger partial charge in [0.2, 0.25) is 0 Å². The van der Waals surface area contributed by atoms with E-state index in [1.54, 1.807) is 0 Å². The molecule has 102 valence electrons. The summed E-state index contributed by atoms with van der Waals surface area (Å²) in [5.74, 6) is 0.259. The minimum Gasteiger partial charge on any atom is -0.329 e. The lowest BCUT2D eigenvalue weighted by Crippen LogP contribution is -2.42. The van der Waals surface area contributed by atoms with Crippen molar-refractivity contribution in [2.75, 3.05) is 13.1 Å². The van der Waals surface area contributed by atoms with Gasteiger partial charge in [0.05, 0.1) is 6.04 Å². The highest BCUT2D eigenvalue weighted by Crippen LogP contribution is 2.11. The summed E-state index contributed by atoms with van der Waals surface area (Å²) in [5, 5.41) is 0. The van der Waals surface area contributed by atoms with E-state index in [0.29, 0.717) is 6.54 Å². The first-order valence-corrected chi connectivity index (χ1v) is 7.45. The Morgan fingerprint density at radius 1 is 1.22 bits per heavy atom. The number of hydrogen-bond acceptors (Lipinski definition) is 3. The highest BCUT2D eigenvalue weighted by molar-refractivity contribution is 7.87. The molecule has 1 unspecified atom stereocenters. The Balaban J connectivity index is 2.69. The third-order valence-corrected chi connectivity index (χ3v) is 3.56. The maximum atomic E-state index is 11.8. The molecular formula is C12H21N3O2S. The SMILES string of the molecule is CC(C)CNS(=O)(=O)NC(CN)c1ccccc1. The Hall–Kier alpha value is -0.950. The summed E-state index contributed by atoms with van der Waals surface area (Å²) in [7, 11) is -3.52.